The fraction of sp³-hybridized carbons (Fsp3) is 0.290. The van der Waals surface area contributed by atoms with Gasteiger partial charge in [-0.1, -0.05) is 49.2 Å². The predicted molar refractivity (Wildman–Crippen MR) is 160 cm³/mol. The standard InChI is InChI=1S/C31H29Cl2N5O3/c1-15(2)22-12-10-20(28(34-22)41-6)27-36-25-26(37(27)16(3)4)31(21-11-9-18(32)13-23(21)35-30(31)40)38(29(25)39)24-14-19(33)8-7-17(24)5/h7-16H,1-6H3,(H,35,40)/t31-/m0/s1. The van der Waals surface area contributed by atoms with E-state index in [1.165, 1.54) is 4.90 Å². The maximum atomic E-state index is 14.5. The number of amides is 2. The molecule has 0 aliphatic carbocycles. The van der Waals surface area contributed by atoms with E-state index in [2.05, 4.69) is 19.2 Å². The van der Waals surface area contributed by atoms with Crippen molar-refractivity contribution in [2.75, 3.05) is 17.3 Å². The average molecular weight is 591 g/mol. The number of methoxy groups -OCH3 is 1. The number of nitrogens with zero attached hydrogens (tertiary/aromatic N) is 4. The molecule has 2 amide bonds. The molecule has 0 fully saturated rings. The highest BCUT2D eigenvalue weighted by Crippen LogP contribution is 2.55. The van der Waals surface area contributed by atoms with Crippen LogP contribution in [-0.4, -0.2) is 33.5 Å². The third-order valence-corrected chi connectivity index (χ3v) is 8.25. The molecule has 4 aromatic rings. The molecule has 2 aliphatic rings. The summed E-state index contributed by atoms with van der Waals surface area (Å²) in [5, 5.41) is 3.91. The summed E-state index contributed by atoms with van der Waals surface area (Å²) in [6.45, 7) is 9.99. The number of fused-ring (bicyclic) bond motifs is 4. The van der Waals surface area contributed by atoms with Crippen molar-refractivity contribution in [3.63, 3.8) is 0 Å². The fourth-order valence-electron chi connectivity index (χ4n) is 5.93. The Morgan fingerprint density at radius 3 is 2.34 bits per heavy atom. The Balaban J connectivity index is 1.72. The number of hydrogen-bond donors (Lipinski definition) is 1. The zero-order valence-corrected chi connectivity index (χ0v) is 25.1. The number of ether oxygens (including phenoxy) is 1. The number of carbonyl (C=O) groups excluding carboxylic acids is 2. The first-order valence-electron chi connectivity index (χ1n) is 13.4. The molecule has 41 heavy (non-hydrogen) atoms. The van der Waals surface area contributed by atoms with Crippen LogP contribution in [0.2, 0.25) is 10.0 Å². The van der Waals surface area contributed by atoms with Crippen LogP contribution >= 0.6 is 23.2 Å². The Hall–Kier alpha value is -3.88. The van der Waals surface area contributed by atoms with Crippen LogP contribution in [-0.2, 0) is 10.3 Å². The molecule has 210 valence electrons. The average Bonchev–Trinajstić information content (AvgIpc) is 3.53. The summed E-state index contributed by atoms with van der Waals surface area (Å²) in [4.78, 5) is 40.1. The zero-order chi connectivity index (χ0) is 29.4. The second-order valence-corrected chi connectivity index (χ2v) is 11.8. The van der Waals surface area contributed by atoms with Crippen molar-refractivity contribution in [2.24, 2.45) is 0 Å². The van der Waals surface area contributed by atoms with Crippen LogP contribution in [0.4, 0.5) is 11.4 Å². The minimum absolute atomic E-state index is 0.181. The lowest BCUT2D eigenvalue weighted by molar-refractivity contribution is -0.119. The lowest BCUT2D eigenvalue weighted by atomic mass is 9.86. The molecule has 1 spiro atoms. The molecule has 0 bridgehead atoms. The summed E-state index contributed by atoms with van der Waals surface area (Å²) < 4.78 is 7.66. The molecule has 8 nitrogen and oxygen atoms in total. The number of imidazole rings is 1. The molecule has 2 aliphatic heterocycles. The number of halogens is 2. The van der Waals surface area contributed by atoms with E-state index in [1.54, 1.807) is 37.4 Å². The Morgan fingerprint density at radius 2 is 1.66 bits per heavy atom. The minimum Gasteiger partial charge on any atom is -0.480 e. The van der Waals surface area contributed by atoms with Gasteiger partial charge in [0.1, 0.15) is 5.82 Å². The van der Waals surface area contributed by atoms with E-state index < -0.39 is 11.4 Å². The quantitative estimate of drug-likeness (QED) is 0.267. The van der Waals surface area contributed by atoms with Crippen molar-refractivity contribution in [2.45, 2.75) is 52.1 Å². The van der Waals surface area contributed by atoms with Gasteiger partial charge in [0.25, 0.3) is 11.8 Å². The van der Waals surface area contributed by atoms with E-state index in [4.69, 9.17) is 37.9 Å². The lowest BCUT2D eigenvalue weighted by Gasteiger charge is -2.36. The normalized spacial score (nSPS) is 17.6. The van der Waals surface area contributed by atoms with Gasteiger partial charge in [0.2, 0.25) is 5.88 Å². The van der Waals surface area contributed by atoms with Crippen LogP contribution in [0.1, 0.15) is 72.7 Å². The summed E-state index contributed by atoms with van der Waals surface area (Å²) in [7, 11) is 1.56. The highest BCUT2D eigenvalue weighted by atomic mass is 35.5. The third-order valence-electron chi connectivity index (χ3n) is 7.78. The second kappa shape index (κ2) is 9.60. The molecule has 1 atom stereocenters. The number of aryl methyl sites for hydroxylation is 1. The highest BCUT2D eigenvalue weighted by molar-refractivity contribution is 6.32. The molecule has 0 unspecified atom stereocenters. The Labute approximate surface area is 248 Å². The van der Waals surface area contributed by atoms with E-state index in [-0.39, 0.29) is 23.6 Å². The number of rotatable bonds is 5. The van der Waals surface area contributed by atoms with E-state index in [9.17, 15) is 9.59 Å². The van der Waals surface area contributed by atoms with Gasteiger partial charge in [-0.2, -0.15) is 0 Å². The van der Waals surface area contributed by atoms with Crippen LogP contribution in [0.5, 0.6) is 5.88 Å². The van der Waals surface area contributed by atoms with Gasteiger partial charge in [0.05, 0.1) is 24.1 Å². The van der Waals surface area contributed by atoms with Crippen molar-refractivity contribution in [3.05, 3.63) is 86.8 Å². The summed E-state index contributed by atoms with van der Waals surface area (Å²) in [6, 6.07) is 14.2. The number of benzene rings is 2. The number of pyridine rings is 1. The summed E-state index contributed by atoms with van der Waals surface area (Å²) in [5.74, 6) is 0.297. The maximum absolute atomic E-state index is 14.5. The molecular weight excluding hydrogens is 561 g/mol. The molecule has 4 heterocycles. The van der Waals surface area contributed by atoms with Crippen LogP contribution in [0, 0.1) is 6.92 Å². The number of nitrogens with one attached hydrogen (secondary N) is 1. The number of carbonyl (C=O) groups is 2. The smallest absolute Gasteiger partial charge is 0.280 e. The van der Waals surface area contributed by atoms with Gasteiger partial charge in [-0.25, -0.2) is 9.97 Å². The minimum atomic E-state index is -1.56. The second-order valence-electron chi connectivity index (χ2n) is 11.0. The SMILES string of the molecule is COc1nc(C(C)C)ccc1-c1nc2c(n1C(C)C)[C@@]1(C(=O)Nc3cc(Cl)ccc31)N(c1cc(Cl)ccc1C)C2=O. The molecular formula is C31H29Cl2N5O3. The molecule has 0 saturated carbocycles. The van der Waals surface area contributed by atoms with Gasteiger partial charge in [0, 0.05) is 33.0 Å². The van der Waals surface area contributed by atoms with Gasteiger partial charge < -0.3 is 14.6 Å². The maximum Gasteiger partial charge on any atom is 0.280 e. The monoisotopic (exact) mass is 589 g/mol. The summed E-state index contributed by atoms with van der Waals surface area (Å²) >= 11 is 12.8. The molecule has 0 saturated heterocycles. The first-order chi connectivity index (χ1) is 19.5. The van der Waals surface area contributed by atoms with Gasteiger partial charge >= 0.3 is 0 Å². The van der Waals surface area contributed by atoms with Gasteiger partial charge in [0.15, 0.2) is 11.2 Å². The number of anilines is 2. The lowest BCUT2D eigenvalue weighted by Crippen LogP contribution is -2.51. The van der Waals surface area contributed by atoms with E-state index in [0.29, 0.717) is 49.9 Å². The van der Waals surface area contributed by atoms with Crippen LogP contribution in [0.15, 0.2) is 48.5 Å². The summed E-state index contributed by atoms with van der Waals surface area (Å²) in [6.07, 6.45) is 0. The first kappa shape index (κ1) is 27.3. The van der Waals surface area contributed by atoms with Crippen molar-refractivity contribution in [1.29, 1.82) is 0 Å². The number of aromatic nitrogens is 3. The van der Waals surface area contributed by atoms with Gasteiger partial charge in [-0.3, -0.25) is 14.5 Å². The van der Waals surface area contributed by atoms with Gasteiger partial charge in [-0.05, 0) is 68.7 Å². The molecule has 2 aromatic carbocycles. The van der Waals surface area contributed by atoms with Crippen LogP contribution < -0.4 is 15.0 Å². The van der Waals surface area contributed by atoms with Crippen LogP contribution in [0.25, 0.3) is 11.4 Å². The fourth-order valence-corrected chi connectivity index (χ4v) is 6.27. The van der Waals surface area contributed by atoms with Crippen molar-refractivity contribution in [3.8, 4) is 17.3 Å². The number of hydrogen-bond acceptors (Lipinski definition) is 5. The Kier molecular flexibility index (Phi) is 6.39. The largest absolute Gasteiger partial charge is 0.480 e. The van der Waals surface area contributed by atoms with Crippen LogP contribution in [0.3, 0.4) is 0 Å². The summed E-state index contributed by atoms with van der Waals surface area (Å²) in [5.41, 5.74) is 3.04. The Bertz CT molecular complexity index is 1760. The van der Waals surface area contributed by atoms with E-state index in [0.717, 1.165) is 11.3 Å². The molecule has 1 N–H and O–H groups in total. The third kappa shape index (κ3) is 3.81. The zero-order valence-electron chi connectivity index (χ0n) is 23.5. The molecule has 10 heteroatoms. The molecule has 2 aromatic heterocycles. The van der Waals surface area contributed by atoms with Gasteiger partial charge in [-0.15, -0.1) is 0 Å². The Morgan fingerprint density at radius 1 is 0.951 bits per heavy atom. The molecule has 0 radical (unpaired) electrons. The topological polar surface area (TPSA) is 89.3 Å². The highest BCUT2D eigenvalue weighted by Gasteiger charge is 2.64. The van der Waals surface area contributed by atoms with E-state index in [1.807, 2.05) is 43.5 Å². The van der Waals surface area contributed by atoms with Crippen molar-refractivity contribution in [1.82, 2.24) is 14.5 Å². The predicted octanol–water partition coefficient (Wildman–Crippen LogP) is 7.13. The van der Waals surface area contributed by atoms with Crippen molar-refractivity contribution < 1.29 is 14.3 Å². The first-order valence-corrected chi connectivity index (χ1v) is 14.2. The molecule has 6 rings (SSSR count). The van der Waals surface area contributed by atoms with E-state index >= 15 is 0 Å². The van der Waals surface area contributed by atoms with Crippen molar-refractivity contribution >= 4 is 46.4 Å².